The molecule has 5 nitrogen and oxygen atoms in total. The molecule has 0 bridgehead atoms. The molecular weight excluding hydrogens is 423 g/mol. The van der Waals surface area contributed by atoms with Gasteiger partial charge in [-0.2, -0.15) is 0 Å². The summed E-state index contributed by atoms with van der Waals surface area (Å²) in [5, 5.41) is 6.65. The van der Waals surface area contributed by atoms with E-state index in [1.807, 2.05) is 4.90 Å². The van der Waals surface area contributed by atoms with Gasteiger partial charge in [0.05, 0.1) is 0 Å². The number of anilines is 1. The normalized spacial score (nSPS) is 27.2. The number of fused-ring (bicyclic) bond motifs is 1. The molecule has 0 unspecified atom stereocenters. The van der Waals surface area contributed by atoms with E-state index in [4.69, 9.17) is 0 Å². The van der Waals surface area contributed by atoms with Gasteiger partial charge in [0.25, 0.3) is 0 Å². The van der Waals surface area contributed by atoms with Gasteiger partial charge in [0.15, 0.2) is 0 Å². The van der Waals surface area contributed by atoms with E-state index in [0.29, 0.717) is 19.3 Å². The van der Waals surface area contributed by atoms with E-state index in [9.17, 15) is 4.79 Å². The number of piperazine rings is 1. The van der Waals surface area contributed by atoms with Crippen LogP contribution < -0.4 is 10.2 Å². The fraction of sp³-hybridized carbons (Fsp3) is 0.640. The van der Waals surface area contributed by atoms with E-state index in [2.05, 4.69) is 44.8 Å². The number of alkyl halides is 1. The number of halogens is 1. The standard InChI is InChI=1S/C25H35FN4OS/c26-25(9-6-20(7-10-25)27-24(31)30-12-1-2-13-30)11-14-28-15-17-29(18-16-28)22-4-3-5-23-21(22)8-19-32-23/h3-5,8,19-20H,1-2,6-7,9-18H2,(H,27,31)/t20-,25+. The third-order valence-corrected chi connectivity index (χ3v) is 8.55. The number of rotatable bonds is 5. The largest absolute Gasteiger partial charge is 0.368 e. The number of nitrogens with zero attached hydrogens (tertiary/aromatic N) is 3. The van der Waals surface area contributed by atoms with Gasteiger partial charge in [-0.15, -0.1) is 11.3 Å². The molecule has 2 aliphatic heterocycles. The molecule has 0 spiro atoms. The lowest BCUT2D eigenvalue weighted by Gasteiger charge is -2.39. The average molecular weight is 459 g/mol. The Balaban J connectivity index is 1.05. The van der Waals surface area contributed by atoms with Crippen LogP contribution in [0.2, 0.25) is 0 Å². The second kappa shape index (κ2) is 9.56. The van der Waals surface area contributed by atoms with Crippen molar-refractivity contribution in [2.24, 2.45) is 0 Å². The Morgan fingerprint density at radius 3 is 2.56 bits per heavy atom. The molecule has 1 aliphatic carbocycles. The maximum Gasteiger partial charge on any atom is 0.317 e. The smallest absolute Gasteiger partial charge is 0.317 e. The minimum atomic E-state index is -1.08. The number of hydrogen-bond donors (Lipinski definition) is 1. The highest BCUT2D eigenvalue weighted by Crippen LogP contribution is 2.36. The molecule has 1 aromatic carbocycles. The Hall–Kier alpha value is -1.86. The summed E-state index contributed by atoms with van der Waals surface area (Å²) in [4.78, 5) is 19.1. The van der Waals surface area contributed by atoms with E-state index < -0.39 is 5.67 Å². The molecule has 1 aromatic heterocycles. The van der Waals surface area contributed by atoms with Crippen molar-refractivity contribution < 1.29 is 9.18 Å². The summed E-state index contributed by atoms with van der Waals surface area (Å²) in [7, 11) is 0. The minimum absolute atomic E-state index is 0.0508. The summed E-state index contributed by atoms with van der Waals surface area (Å²) >= 11 is 1.79. The lowest BCUT2D eigenvalue weighted by Crippen LogP contribution is -2.49. The lowest BCUT2D eigenvalue weighted by molar-refractivity contribution is 0.0679. The maximum atomic E-state index is 15.5. The van der Waals surface area contributed by atoms with E-state index in [0.717, 1.165) is 71.5 Å². The Morgan fingerprint density at radius 1 is 1.06 bits per heavy atom. The number of carbonyl (C=O) groups is 1. The average Bonchev–Trinajstić information content (AvgIpc) is 3.52. The number of thiophene rings is 1. The van der Waals surface area contributed by atoms with Gasteiger partial charge in [0, 0.05) is 67.6 Å². The van der Waals surface area contributed by atoms with Crippen LogP contribution in [0.1, 0.15) is 44.9 Å². The summed E-state index contributed by atoms with van der Waals surface area (Å²) in [6.45, 7) is 6.54. The highest BCUT2D eigenvalue weighted by molar-refractivity contribution is 7.17. The van der Waals surface area contributed by atoms with Crippen LogP contribution in [-0.4, -0.2) is 73.4 Å². The molecule has 2 amide bonds. The molecule has 3 fully saturated rings. The molecular formula is C25H35FN4OS. The van der Waals surface area contributed by atoms with E-state index >= 15 is 4.39 Å². The fourth-order valence-electron chi connectivity index (χ4n) is 5.54. The fourth-order valence-corrected chi connectivity index (χ4v) is 6.35. The number of benzene rings is 1. The zero-order valence-corrected chi connectivity index (χ0v) is 19.7. The van der Waals surface area contributed by atoms with Crippen LogP contribution in [0.4, 0.5) is 14.9 Å². The van der Waals surface area contributed by atoms with Crippen LogP contribution in [-0.2, 0) is 0 Å². The lowest BCUT2D eigenvalue weighted by atomic mass is 9.81. The molecule has 7 heteroatoms. The van der Waals surface area contributed by atoms with Crippen LogP contribution in [0.5, 0.6) is 0 Å². The van der Waals surface area contributed by atoms with E-state index in [1.165, 1.54) is 15.8 Å². The van der Waals surface area contributed by atoms with Crippen LogP contribution in [0, 0.1) is 0 Å². The van der Waals surface area contributed by atoms with Gasteiger partial charge in [-0.25, -0.2) is 9.18 Å². The third kappa shape index (κ3) is 4.88. The first-order chi connectivity index (χ1) is 15.6. The number of carbonyl (C=O) groups excluding carboxylic acids is 1. The number of likely N-dealkylation sites (tertiary alicyclic amines) is 1. The van der Waals surface area contributed by atoms with Crippen molar-refractivity contribution in [2.75, 3.05) is 50.7 Å². The summed E-state index contributed by atoms with van der Waals surface area (Å²) in [5.41, 5.74) is 0.258. The van der Waals surface area contributed by atoms with Crippen molar-refractivity contribution in [1.29, 1.82) is 0 Å². The van der Waals surface area contributed by atoms with E-state index in [1.54, 1.807) is 11.3 Å². The molecule has 2 saturated heterocycles. The molecule has 0 atom stereocenters. The molecule has 32 heavy (non-hydrogen) atoms. The van der Waals surface area contributed by atoms with Crippen molar-refractivity contribution in [3.05, 3.63) is 29.6 Å². The zero-order chi connectivity index (χ0) is 22.0. The second-order valence-corrected chi connectivity index (χ2v) is 10.7. The Morgan fingerprint density at radius 2 is 1.81 bits per heavy atom. The molecule has 174 valence electrons. The van der Waals surface area contributed by atoms with Gasteiger partial charge in [-0.1, -0.05) is 6.07 Å². The van der Waals surface area contributed by atoms with Crippen LogP contribution in [0.3, 0.4) is 0 Å². The van der Waals surface area contributed by atoms with Gasteiger partial charge in [-0.3, -0.25) is 4.90 Å². The molecule has 2 aromatic rings. The first-order valence-electron chi connectivity index (χ1n) is 12.3. The van der Waals surface area contributed by atoms with Gasteiger partial charge in [0.2, 0.25) is 0 Å². The third-order valence-electron chi connectivity index (χ3n) is 7.66. The number of urea groups is 1. The SMILES string of the molecule is O=C(N[C@H]1CC[C@](F)(CCN2CCN(c3cccc4sccc34)CC2)CC1)N1CCCC1. The topological polar surface area (TPSA) is 38.8 Å². The summed E-state index contributed by atoms with van der Waals surface area (Å²) in [6.07, 6.45) is 5.46. The highest BCUT2D eigenvalue weighted by Gasteiger charge is 2.36. The van der Waals surface area contributed by atoms with Crippen molar-refractivity contribution in [1.82, 2.24) is 15.1 Å². The van der Waals surface area contributed by atoms with E-state index in [-0.39, 0.29) is 12.1 Å². The maximum absolute atomic E-state index is 15.5. The predicted molar refractivity (Wildman–Crippen MR) is 131 cm³/mol. The highest BCUT2D eigenvalue weighted by atomic mass is 32.1. The van der Waals surface area contributed by atoms with Crippen molar-refractivity contribution in [2.45, 2.75) is 56.7 Å². The number of amides is 2. The summed E-state index contributed by atoms with van der Waals surface area (Å²) in [6, 6.07) is 8.97. The second-order valence-electron chi connectivity index (χ2n) is 9.76. The zero-order valence-electron chi connectivity index (χ0n) is 18.9. The van der Waals surface area contributed by atoms with Crippen molar-refractivity contribution in [3.8, 4) is 0 Å². The summed E-state index contributed by atoms with van der Waals surface area (Å²) in [5.74, 6) is 0. The summed E-state index contributed by atoms with van der Waals surface area (Å²) < 4.78 is 16.8. The van der Waals surface area contributed by atoms with Gasteiger partial charge in [0.1, 0.15) is 5.67 Å². The predicted octanol–water partition coefficient (Wildman–Crippen LogP) is 4.87. The molecule has 3 heterocycles. The van der Waals surface area contributed by atoms with Crippen molar-refractivity contribution >= 4 is 33.1 Å². The quantitative estimate of drug-likeness (QED) is 0.695. The van der Waals surface area contributed by atoms with Gasteiger partial charge < -0.3 is 15.1 Å². The number of nitrogens with one attached hydrogen (secondary N) is 1. The number of hydrogen-bond acceptors (Lipinski definition) is 4. The molecule has 3 aliphatic rings. The van der Waals surface area contributed by atoms with Crippen LogP contribution in [0.15, 0.2) is 29.6 Å². The van der Waals surface area contributed by atoms with Gasteiger partial charge in [-0.05, 0) is 68.5 Å². The first-order valence-corrected chi connectivity index (χ1v) is 13.2. The monoisotopic (exact) mass is 458 g/mol. The minimum Gasteiger partial charge on any atom is -0.368 e. The molecule has 1 N–H and O–H groups in total. The Labute approximate surface area is 194 Å². The first kappa shape index (κ1) is 22.0. The van der Waals surface area contributed by atoms with Crippen LogP contribution >= 0.6 is 11.3 Å². The Bertz CT molecular complexity index is 912. The van der Waals surface area contributed by atoms with Crippen LogP contribution in [0.25, 0.3) is 10.1 Å². The molecule has 1 saturated carbocycles. The van der Waals surface area contributed by atoms with Gasteiger partial charge >= 0.3 is 6.03 Å². The Kier molecular flexibility index (Phi) is 6.56. The molecule has 5 rings (SSSR count). The van der Waals surface area contributed by atoms with Crippen molar-refractivity contribution in [3.63, 3.8) is 0 Å². The molecule has 0 radical (unpaired) electrons.